The molecule has 24 heavy (non-hydrogen) atoms. The summed E-state index contributed by atoms with van der Waals surface area (Å²) in [5.74, 6) is -0.589. The first-order valence-electron chi connectivity index (χ1n) is 6.63. The van der Waals surface area contributed by atoms with Gasteiger partial charge in [0.25, 0.3) is 5.56 Å². The summed E-state index contributed by atoms with van der Waals surface area (Å²) in [7, 11) is 4.18. The number of benzene rings is 1. The topological polar surface area (TPSA) is 96.4 Å². The molecule has 0 fully saturated rings. The van der Waals surface area contributed by atoms with Crippen LogP contribution in [0.1, 0.15) is 15.9 Å². The van der Waals surface area contributed by atoms with E-state index in [4.69, 9.17) is 28.0 Å². The van der Waals surface area contributed by atoms with E-state index in [2.05, 4.69) is 10.4 Å². The van der Waals surface area contributed by atoms with Crippen LogP contribution in [0.25, 0.3) is 0 Å². The summed E-state index contributed by atoms with van der Waals surface area (Å²) in [6.45, 7) is 0. The Bertz CT molecular complexity index is 859. The number of aryl methyl sites for hydroxylation is 1. The molecule has 1 aromatic heterocycles. The van der Waals surface area contributed by atoms with Crippen molar-refractivity contribution in [3.05, 3.63) is 49.9 Å². The Labute approximate surface area is 146 Å². The van der Waals surface area contributed by atoms with Crippen LogP contribution in [0.4, 0.5) is 10.5 Å². The molecule has 2 aromatic rings. The van der Waals surface area contributed by atoms with E-state index in [0.717, 1.165) is 9.75 Å². The Kier molecular flexibility index (Phi) is 5.33. The third-order valence-corrected chi connectivity index (χ3v) is 4.02. The summed E-state index contributed by atoms with van der Waals surface area (Å²) in [6.07, 6.45) is 1.28. The number of aromatic nitrogens is 2. The summed E-state index contributed by atoms with van der Waals surface area (Å²) in [6, 6.07) is 2.15. The van der Waals surface area contributed by atoms with Crippen LogP contribution in [-0.4, -0.2) is 40.8 Å². The maximum absolute atomic E-state index is 12.5. The molecule has 0 atom stereocenters. The number of hydrogen-bond donors (Lipinski definition) is 2. The fraction of sp³-hybridized carbons (Fsp3) is 0.214. The molecule has 0 radical (unpaired) electrons. The molecule has 2 amide bonds. The molecule has 0 aliphatic heterocycles. The van der Waals surface area contributed by atoms with Gasteiger partial charge in [0.15, 0.2) is 0 Å². The lowest BCUT2D eigenvalue weighted by Gasteiger charge is -2.17. The highest BCUT2D eigenvalue weighted by atomic mass is 35.5. The predicted octanol–water partition coefficient (Wildman–Crippen LogP) is 2.28. The number of carbonyl (C=O) groups is 2. The van der Waals surface area contributed by atoms with E-state index in [1.54, 1.807) is 0 Å². The van der Waals surface area contributed by atoms with Crippen LogP contribution in [0.2, 0.25) is 10.0 Å². The van der Waals surface area contributed by atoms with Crippen LogP contribution < -0.4 is 10.9 Å². The van der Waals surface area contributed by atoms with E-state index < -0.39 is 17.4 Å². The molecule has 8 nitrogen and oxygen atoms in total. The average molecular weight is 373 g/mol. The second-order valence-electron chi connectivity index (χ2n) is 4.77. The number of nitrogens with one attached hydrogen (secondary N) is 2. The van der Waals surface area contributed by atoms with Gasteiger partial charge in [0.1, 0.15) is 5.56 Å². The van der Waals surface area contributed by atoms with Gasteiger partial charge in [0, 0.05) is 25.9 Å². The first kappa shape index (κ1) is 18.1. The highest BCUT2D eigenvalue weighted by molar-refractivity contribution is 6.42. The summed E-state index contributed by atoms with van der Waals surface area (Å²) in [5, 5.41) is 6.04. The third kappa shape index (κ3) is 3.30. The lowest BCUT2D eigenvalue weighted by Crippen LogP contribution is -2.30. The first-order valence-corrected chi connectivity index (χ1v) is 7.39. The molecule has 2 rings (SSSR count). The molecule has 10 heteroatoms. The number of rotatable bonds is 4. The number of aromatic amines is 1. The minimum absolute atomic E-state index is 0.0353. The van der Waals surface area contributed by atoms with Gasteiger partial charge >= 0.3 is 6.03 Å². The SMILES string of the molecule is CON(C)C(=O)Nc1c(Cl)ccc(C(=O)c2c[nH]n(C)c2=O)c1Cl. The highest BCUT2D eigenvalue weighted by Gasteiger charge is 2.22. The molecule has 0 aliphatic carbocycles. The number of carbonyl (C=O) groups excluding carboxylic acids is 2. The maximum Gasteiger partial charge on any atom is 0.345 e. The maximum atomic E-state index is 12.5. The van der Waals surface area contributed by atoms with Crippen LogP contribution in [0, 0.1) is 0 Å². The van der Waals surface area contributed by atoms with Gasteiger partial charge in [-0.2, -0.15) is 0 Å². The fourth-order valence-electron chi connectivity index (χ4n) is 1.88. The van der Waals surface area contributed by atoms with E-state index in [0.29, 0.717) is 0 Å². The average Bonchev–Trinajstić information content (AvgIpc) is 2.89. The molecule has 0 spiro atoms. The van der Waals surface area contributed by atoms with Crippen molar-refractivity contribution in [2.24, 2.45) is 7.05 Å². The summed E-state index contributed by atoms with van der Waals surface area (Å²) in [4.78, 5) is 41.1. The van der Waals surface area contributed by atoms with Gasteiger partial charge in [-0.25, -0.2) is 9.86 Å². The number of amides is 2. The Morgan fingerprint density at radius 3 is 2.50 bits per heavy atom. The van der Waals surface area contributed by atoms with Crippen molar-refractivity contribution in [2.45, 2.75) is 0 Å². The molecular weight excluding hydrogens is 359 g/mol. The number of ketones is 1. The van der Waals surface area contributed by atoms with E-state index in [1.165, 1.54) is 39.5 Å². The van der Waals surface area contributed by atoms with Crippen molar-refractivity contribution in [1.82, 2.24) is 14.8 Å². The molecule has 0 bridgehead atoms. The Balaban J connectivity index is 2.45. The quantitative estimate of drug-likeness (QED) is 0.635. The minimum Gasteiger partial charge on any atom is -0.303 e. The number of nitrogens with zero attached hydrogens (tertiary/aromatic N) is 2. The van der Waals surface area contributed by atoms with E-state index in [9.17, 15) is 14.4 Å². The van der Waals surface area contributed by atoms with Crippen molar-refractivity contribution in [3.63, 3.8) is 0 Å². The van der Waals surface area contributed by atoms with Gasteiger partial charge in [0.2, 0.25) is 5.78 Å². The van der Waals surface area contributed by atoms with Crippen molar-refractivity contribution in [1.29, 1.82) is 0 Å². The van der Waals surface area contributed by atoms with Gasteiger partial charge in [-0.05, 0) is 12.1 Å². The number of H-pyrrole nitrogens is 1. The molecule has 0 unspecified atom stereocenters. The molecule has 0 saturated heterocycles. The Morgan fingerprint density at radius 2 is 1.96 bits per heavy atom. The van der Waals surface area contributed by atoms with Crippen LogP contribution in [0.3, 0.4) is 0 Å². The number of halogens is 2. The molecule has 1 aromatic carbocycles. The lowest BCUT2D eigenvalue weighted by molar-refractivity contribution is -0.0598. The zero-order valence-corrected chi connectivity index (χ0v) is 14.5. The van der Waals surface area contributed by atoms with Crippen molar-refractivity contribution in [2.75, 3.05) is 19.5 Å². The highest BCUT2D eigenvalue weighted by Crippen LogP contribution is 2.34. The summed E-state index contributed by atoms with van der Waals surface area (Å²) >= 11 is 12.2. The van der Waals surface area contributed by atoms with Gasteiger partial charge in [-0.3, -0.25) is 19.1 Å². The van der Waals surface area contributed by atoms with Crippen LogP contribution in [-0.2, 0) is 11.9 Å². The van der Waals surface area contributed by atoms with Crippen molar-refractivity contribution in [3.8, 4) is 0 Å². The van der Waals surface area contributed by atoms with E-state index >= 15 is 0 Å². The van der Waals surface area contributed by atoms with Gasteiger partial charge < -0.3 is 10.4 Å². The monoisotopic (exact) mass is 372 g/mol. The van der Waals surface area contributed by atoms with Crippen LogP contribution in [0.5, 0.6) is 0 Å². The number of anilines is 1. The Hall–Kier alpha value is -2.29. The van der Waals surface area contributed by atoms with Gasteiger partial charge in [-0.1, -0.05) is 23.2 Å². The molecule has 2 N–H and O–H groups in total. The second-order valence-corrected chi connectivity index (χ2v) is 5.56. The first-order chi connectivity index (χ1) is 11.3. The zero-order valence-electron chi connectivity index (χ0n) is 13.0. The normalized spacial score (nSPS) is 10.5. The predicted molar refractivity (Wildman–Crippen MR) is 89.7 cm³/mol. The lowest BCUT2D eigenvalue weighted by atomic mass is 10.1. The summed E-state index contributed by atoms with van der Waals surface area (Å²) < 4.78 is 1.16. The summed E-state index contributed by atoms with van der Waals surface area (Å²) in [5.41, 5.74) is -0.484. The van der Waals surface area contributed by atoms with Gasteiger partial charge in [-0.15, -0.1) is 0 Å². The minimum atomic E-state index is -0.636. The van der Waals surface area contributed by atoms with Gasteiger partial charge in [0.05, 0.1) is 22.8 Å². The smallest absolute Gasteiger partial charge is 0.303 e. The number of urea groups is 1. The number of hydroxylamine groups is 2. The van der Waals surface area contributed by atoms with Crippen LogP contribution >= 0.6 is 23.2 Å². The Morgan fingerprint density at radius 1 is 1.29 bits per heavy atom. The standard InChI is InChI=1S/C14H14Cl2N4O4/c1-19-13(22)8(6-17-19)12(21)7-4-5-9(15)11(10(7)16)18-14(23)20(2)24-3/h4-6,17H,1-3H3,(H,18,23). The number of hydrogen-bond acceptors (Lipinski definition) is 4. The van der Waals surface area contributed by atoms with Crippen molar-refractivity contribution >= 4 is 40.7 Å². The zero-order chi connectivity index (χ0) is 18.0. The van der Waals surface area contributed by atoms with E-state index in [-0.39, 0.29) is 26.9 Å². The molecule has 0 saturated carbocycles. The second kappa shape index (κ2) is 7.08. The fourth-order valence-corrected chi connectivity index (χ4v) is 2.43. The molecular formula is C14H14Cl2N4O4. The largest absolute Gasteiger partial charge is 0.345 e. The van der Waals surface area contributed by atoms with E-state index in [1.807, 2.05) is 0 Å². The molecule has 128 valence electrons. The molecule has 1 heterocycles. The van der Waals surface area contributed by atoms with Crippen LogP contribution in [0.15, 0.2) is 23.1 Å². The van der Waals surface area contributed by atoms with Crippen molar-refractivity contribution < 1.29 is 14.4 Å². The molecule has 0 aliphatic rings. The third-order valence-electron chi connectivity index (χ3n) is 3.31.